The Morgan fingerprint density at radius 3 is 2.61 bits per heavy atom. The number of carbonyl (C=O) groups is 1. The van der Waals surface area contributed by atoms with Gasteiger partial charge in [-0.2, -0.15) is 0 Å². The quantitative estimate of drug-likeness (QED) is 0.613. The molecule has 0 bridgehead atoms. The highest BCUT2D eigenvalue weighted by Crippen LogP contribution is 2.42. The van der Waals surface area contributed by atoms with E-state index >= 15 is 0 Å². The molecule has 4 N–H and O–H groups in total. The predicted molar refractivity (Wildman–Crippen MR) is 124 cm³/mol. The summed E-state index contributed by atoms with van der Waals surface area (Å²) in [4.78, 5) is 15.5. The molecule has 2 saturated heterocycles. The third kappa shape index (κ3) is 5.06. The summed E-state index contributed by atoms with van der Waals surface area (Å²) in [5, 5.41) is 7.73. The van der Waals surface area contributed by atoms with Gasteiger partial charge in [-0.3, -0.25) is 9.69 Å². The van der Waals surface area contributed by atoms with Gasteiger partial charge >= 0.3 is 0 Å². The number of ether oxygens (including phenoxy) is 1. The highest BCUT2D eigenvalue weighted by molar-refractivity contribution is 6.30. The zero-order chi connectivity index (χ0) is 21.8. The zero-order valence-electron chi connectivity index (χ0n) is 17.3. The first-order valence-electron chi connectivity index (χ1n) is 10.6. The number of hydrogen-bond donors (Lipinski definition) is 3. The molecule has 2 aliphatic rings. The number of benzene rings is 2. The van der Waals surface area contributed by atoms with Crippen molar-refractivity contribution in [2.75, 3.05) is 45.9 Å². The van der Waals surface area contributed by atoms with E-state index in [1.54, 1.807) is 0 Å². The van der Waals surface area contributed by atoms with Crippen LogP contribution in [0.25, 0.3) is 0 Å². The van der Waals surface area contributed by atoms with Crippen molar-refractivity contribution in [1.29, 1.82) is 0 Å². The number of nitrogens with one attached hydrogen (secondary N) is 2. The SMILES string of the molecule is N[C@]1(c2ccc(Cl)cc2)CN[C@@H](C(=O)NCCN2CCOCC2)[C@@H]1c1cccc(Cl)c1. The van der Waals surface area contributed by atoms with Crippen molar-refractivity contribution in [3.8, 4) is 0 Å². The van der Waals surface area contributed by atoms with Gasteiger partial charge in [0, 0.05) is 48.7 Å². The van der Waals surface area contributed by atoms with Crippen LogP contribution in [-0.4, -0.2) is 62.8 Å². The normalized spacial score (nSPS) is 26.7. The van der Waals surface area contributed by atoms with Crippen molar-refractivity contribution in [2.24, 2.45) is 5.73 Å². The first kappa shape index (κ1) is 22.5. The van der Waals surface area contributed by atoms with E-state index in [1.165, 1.54) is 0 Å². The van der Waals surface area contributed by atoms with Crippen LogP contribution in [0.4, 0.5) is 0 Å². The van der Waals surface area contributed by atoms with Gasteiger partial charge in [-0.05, 0) is 35.4 Å². The van der Waals surface area contributed by atoms with E-state index in [-0.39, 0.29) is 11.8 Å². The molecule has 3 atom stereocenters. The summed E-state index contributed by atoms with van der Waals surface area (Å²) in [7, 11) is 0. The maximum absolute atomic E-state index is 13.2. The first-order valence-corrected chi connectivity index (χ1v) is 11.3. The minimum absolute atomic E-state index is 0.0560. The summed E-state index contributed by atoms with van der Waals surface area (Å²) in [5.74, 6) is -0.338. The number of carbonyl (C=O) groups excluding carboxylic acids is 1. The standard InChI is InChI=1S/C23H28Cl2N4O2/c24-18-6-4-17(5-7-18)23(26)15-28-21(20(23)16-2-1-3-19(25)14-16)22(30)27-8-9-29-10-12-31-13-11-29/h1-7,14,20-21,28H,8-13,15,26H2,(H,27,30)/t20-,21+,23-/m0/s1. The minimum Gasteiger partial charge on any atom is -0.379 e. The van der Waals surface area contributed by atoms with Gasteiger partial charge in [0.15, 0.2) is 0 Å². The fourth-order valence-corrected chi connectivity index (χ4v) is 4.88. The average Bonchev–Trinajstić information content (AvgIpc) is 3.13. The number of nitrogens with zero attached hydrogens (tertiary/aromatic N) is 1. The minimum atomic E-state index is -0.776. The van der Waals surface area contributed by atoms with Crippen LogP contribution in [0.5, 0.6) is 0 Å². The molecule has 2 aromatic carbocycles. The summed E-state index contributed by atoms with van der Waals surface area (Å²) >= 11 is 12.4. The molecule has 166 valence electrons. The van der Waals surface area contributed by atoms with E-state index < -0.39 is 11.6 Å². The third-order valence-corrected chi connectivity index (χ3v) is 6.69. The smallest absolute Gasteiger partial charge is 0.237 e. The number of halogens is 2. The molecule has 0 saturated carbocycles. The van der Waals surface area contributed by atoms with Gasteiger partial charge in [-0.1, -0.05) is 47.5 Å². The summed E-state index contributed by atoms with van der Waals surface area (Å²) < 4.78 is 5.38. The van der Waals surface area contributed by atoms with Gasteiger partial charge in [0.05, 0.1) is 24.8 Å². The van der Waals surface area contributed by atoms with Crippen LogP contribution in [0.2, 0.25) is 10.0 Å². The lowest BCUT2D eigenvalue weighted by molar-refractivity contribution is -0.123. The number of morpholine rings is 1. The summed E-state index contributed by atoms with van der Waals surface area (Å²) in [6, 6.07) is 14.6. The van der Waals surface area contributed by atoms with Crippen LogP contribution in [0, 0.1) is 0 Å². The van der Waals surface area contributed by atoms with Gasteiger partial charge in [0.1, 0.15) is 0 Å². The van der Waals surface area contributed by atoms with E-state index in [0.29, 0.717) is 23.1 Å². The molecule has 0 spiro atoms. The van der Waals surface area contributed by atoms with Gasteiger partial charge in [-0.15, -0.1) is 0 Å². The van der Waals surface area contributed by atoms with Crippen LogP contribution in [0.1, 0.15) is 17.0 Å². The predicted octanol–water partition coefficient (Wildman–Crippen LogP) is 2.35. The second-order valence-electron chi connectivity index (χ2n) is 8.18. The Balaban J connectivity index is 1.54. The highest BCUT2D eigenvalue weighted by Gasteiger charge is 2.50. The Kier molecular flexibility index (Phi) is 7.16. The Hall–Kier alpha value is -1.67. The third-order valence-electron chi connectivity index (χ3n) is 6.21. The molecule has 0 radical (unpaired) electrons. The van der Waals surface area contributed by atoms with E-state index in [9.17, 15) is 4.79 Å². The number of rotatable bonds is 6. The molecule has 31 heavy (non-hydrogen) atoms. The Morgan fingerprint density at radius 2 is 1.90 bits per heavy atom. The van der Waals surface area contributed by atoms with Crippen molar-refractivity contribution in [2.45, 2.75) is 17.5 Å². The second-order valence-corrected chi connectivity index (χ2v) is 9.06. The largest absolute Gasteiger partial charge is 0.379 e. The molecule has 2 aliphatic heterocycles. The lowest BCUT2D eigenvalue weighted by Gasteiger charge is -2.34. The molecule has 0 unspecified atom stereocenters. The summed E-state index contributed by atoms with van der Waals surface area (Å²) in [6.45, 7) is 5.12. The fraction of sp³-hybridized carbons (Fsp3) is 0.435. The molecule has 2 fully saturated rings. The molecule has 0 aromatic heterocycles. The molecule has 4 rings (SSSR count). The molecule has 2 aromatic rings. The average molecular weight is 463 g/mol. The van der Waals surface area contributed by atoms with Crippen LogP contribution < -0.4 is 16.4 Å². The first-order chi connectivity index (χ1) is 15.0. The lowest BCUT2D eigenvalue weighted by atomic mass is 9.74. The zero-order valence-corrected chi connectivity index (χ0v) is 18.8. The lowest BCUT2D eigenvalue weighted by Crippen LogP contribution is -2.48. The Morgan fingerprint density at radius 1 is 1.16 bits per heavy atom. The second kappa shape index (κ2) is 9.86. The number of amides is 1. The Bertz CT molecular complexity index is 905. The maximum Gasteiger partial charge on any atom is 0.237 e. The van der Waals surface area contributed by atoms with Crippen LogP contribution in [0.3, 0.4) is 0 Å². The molecule has 6 nitrogen and oxygen atoms in total. The topological polar surface area (TPSA) is 79.6 Å². The van der Waals surface area contributed by atoms with Crippen molar-refractivity contribution >= 4 is 29.1 Å². The van der Waals surface area contributed by atoms with E-state index in [4.69, 9.17) is 33.7 Å². The van der Waals surface area contributed by atoms with Gasteiger partial charge in [0.2, 0.25) is 5.91 Å². The van der Waals surface area contributed by atoms with Crippen LogP contribution >= 0.6 is 23.2 Å². The highest BCUT2D eigenvalue weighted by atomic mass is 35.5. The van der Waals surface area contributed by atoms with Crippen molar-refractivity contribution in [3.05, 3.63) is 69.7 Å². The fourth-order valence-electron chi connectivity index (χ4n) is 4.55. The van der Waals surface area contributed by atoms with Crippen molar-refractivity contribution in [3.63, 3.8) is 0 Å². The number of nitrogens with two attached hydrogens (primary N) is 1. The van der Waals surface area contributed by atoms with E-state index in [2.05, 4.69) is 15.5 Å². The van der Waals surface area contributed by atoms with Crippen LogP contribution in [0.15, 0.2) is 48.5 Å². The van der Waals surface area contributed by atoms with Crippen molar-refractivity contribution in [1.82, 2.24) is 15.5 Å². The molecule has 1 amide bonds. The molecular formula is C23H28Cl2N4O2. The van der Waals surface area contributed by atoms with Gasteiger partial charge < -0.3 is 21.1 Å². The van der Waals surface area contributed by atoms with E-state index in [1.807, 2.05) is 48.5 Å². The van der Waals surface area contributed by atoms with E-state index in [0.717, 1.165) is 44.0 Å². The summed E-state index contributed by atoms with van der Waals surface area (Å²) in [6.07, 6.45) is 0. The maximum atomic E-state index is 13.2. The molecular weight excluding hydrogens is 435 g/mol. The van der Waals surface area contributed by atoms with Gasteiger partial charge in [-0.25, -0.2) is 0 Å². The Labute approximate surface area is 193 Å². The molecule has 0 aliphatic carbocycles. The molecule has 8 heteroatoms. The summed E-state index contributed by atoms with van der Waals surface area (Å²) in [5.41, 5.74) is 8.07. The van der Waals surface area contributed by atoms with Crippen LogP contribution in [-0.2, 0) is 15.1 Å². The van der Waals surface area contributed by atoms with Crippen molar-refractivity contribution < 1.29 is 9.53 Å². The molecule has 2 heterocycles. The van der Waals surface area contributed by atoms with Gasteiger partial charge in [0.25, 0.3) is 0 Å². The monoisotopic (exact) mass is 462 g/mol. The number of hydrogen-bond acceptors (Lipinski definition) is 5.